The van der Waals surface area contributed by atoms with Crippen molar-refractivity contribution in [2.75, 3.05) is 32.8 Å². The minimum atomic E-state index is 0. The quantitative estimate of drug-likeness (QED) is 0.755. The number of nitrogens with one attached hydrogen (secondary N) is 2. The summed E-state index contributed by atoms with van der Waals surface area (Å²) in [5.74, 6) is 2.60. The maximum atomic E-state index is 12.5. The molecule has 0 unspecified atom stereocenters. The third kappa shape index (κ3) is 4.93. The Morgan fingerprint density at radius 1 is 1.11 bits per heavy atom. The van der Waals surface area contributed by atoms with Gasteiger partial charge in [-0.1, -0.05) is 18.9 Å². The van der Waals surface area contributed by atoms with E-state index in [1.165, 1.54) is 31.2 Å². The van der Waals surface area contributed by atoms with Crippen molar-refractivity contribution in [2.45, 2.75) is 56.8 Å². The summed E-state index contributed by atoms with van der Waals surface area (Å²) in [6.07, 6.45) is 8.77. The van der Waals surface area contributed by atoms with Crippen molar-refractivity contribution >= 4 is 18.3 Å². The summed E-state index contributed by atoms with van der Waals surface area (Å²) < 4.78 is 11.4. The first-order valence-corrected chi connectivity index (χ1v) is 10.6. The molecule has 1 saturated carbocycles. The molecule has 1 aromatic rings. The van der Waals surface area contributed by atoms with Gasteiger partial charge in [-0.3, -0.25) is 4.79 Å². The van der Waals surface area contributed by atoms with Crippen molar-refractivity contribution in [3.8, 4) is 11.5 Å². The summed E-state index contributed by atoms with van der Waals surface area (Å²) >= 11 is 0. The minimum Gasteiger partial charge on any atom is -0.486 e. The minimum absolute atomic E-state index is 0. The molecule has 4 rings (SSSR count). The zero-order valence-electron chi connectivity index (χ0n) is 16.6. The van der Waals surface area contributed by atoms with E-state index in [1.54, 1.807) is 0 Å². The number of amides is 1. The zero-order chi connectivity index (χ0) is 18.5. The number of ether oxygens (including phenoxy) is 2. The lowest BCUT2D eigenvalue weighted by molar-refractivity contribution is -0.121. The molecule has 2 N–H and O–H groups in total. The Kier molecular flexibility index (Phi) is 7.47. The highest BCUT2D eigenvalue weighted by molar-refractivity contribution is 5.85. The second-order valence-electron chi connectivity index (χ2n) is 8.35. The van der Waals surface area contributed by atoms with Crippen LogP contribution in [0, 0.1) is 5.92 Å². The molecule has 1 aromatic carbocycles. The van der Waals surface area contributed by atoms with Crippen molar-refractivity contribution in [1.82, 2.24) is 10.6 Å². The van der Waals surface area contributed by atoms with Crippen molar-refractivity contribution in [3.05, 3.63) is 23.8 Å². The smallest absolute Gasteiger partial charge is 0.220 e. The highest BCUT2D eigenvalue weighted by atomic mass is 35.5. The third-order valence-corrected chi connectivity index (χ3v) is 6.58. The van der Waals surface area contributed by atoms with Crippen LogP contribution in [0.3, 0.4) is 0 Å². The van der Waals surface area contributed by atoms with E-state index in [2.05, 4.69) is 22.8 Å². The molecule has 2 heterocycles. The summed E-state index contributed by atoms with van der Waals surface area (Å²) in [6.45, 7) is 4.15. The van der Waals surface area contributed by atoms with E-state index in [-0.39, 0.29) is 23.7 Å². The maximum absolute atomic E-state index is 12.5. The van der Waals surface area contributed by atoms with E-state index in [1.807, 2.05) is 6.07 Å². The van der Waals surface area contributed by atoms with Crippen LogP contribution in [-0.4, -0.2) is 38.8 Å². The van der Waals surface area contributed by atoms with Gasteiger partial charge in [-0.05, 0) is 68.8 Å². The molecule has 1 aliphatic carbocycles. The average molecular weight is 409 g/mol. The van der Waals surface area contributed by atoms with Gasteiger partial charge in [0.15, 0.2) is 11.5 Å². The van der Waals surface area contributed by atoms with Gasteiger partial charge in [0.05, 0.1) is 0 Å². The van der Waals surface area contributed by atoms with Gasteiger partial charge in [0, 0.05) is 18.4 Å². The van der Waals surface area contributed by atoms with Crippen LogP contribution in [0.5, 0.6) is 11.5 Å². The SMILES string of the molecule is Cl.O=C(CCC1CCNCC1)NCC1(c2ccc3c(c2)OCCO3)CCCC1. The normalized spacial score (nSPS) is 21.0. The number of hydrogen-bond acceptors (Lipinski definition) is 4. The molecule has 0 atom stereocenters. The molecular weight excluding hydrogens is 376 g/mol. The molecule has 28 heavy (non-hydrogen) atoms. The lowest BCUT2D eigenvalue weighted by Gasteiger charge is -2.31. The number of fused-ring (bicyclic) bond motifs is 1. The topological polar surface area (TPSA) is 59.6 Å². The molecule has 6 heteroatoms. The maximum Gasteiger partial charge on any atom is 0.220 e. The van der Waals surface area contributed by atoms with Crippen LogP contribution in [-0.2, 0) is 10.2 Å². The molecule has 0 bridgehead atoms. The van der Waals surface area contributed by atoms with Crippen molar-refractivity contribution in [1.29, 1.82) is 0 Å². The molecule has 0 spiro atoms. The molecular formula is C22H33ClN2O3. The molecule has 2 aliphatic heterocycles. The van der Waals surface area contributed by atoms with Crippen LogP contribution in [0.4, 0.5) is 0 Å². The van der Waals surface area contributed by atoms with E-state index in [4.69, 9.17) is 9.47 Å². The summed E-state index contributed by atoms with van der Waals surface area (Å²) in [6, 6.07) is 6.34. The van der Waals surface area contributed by atoms with Gasteiger partial charge in [-0.25, -0.2) is 0 Å². The van der Waals surface area contributed by atoms with Crippen LogP contribution in [0.15, 0.2) is 18.2 Å². The standard InChI is InChI=1S/C22H32N2O3.ClH/c25-21(6-3-17-7-11-23-12-8-17)24-16-22(9-1-2-10-22)18-4-5-19-20(15-18)27-14-13-26-19;/h4-5,15,17,23H,1-3,6-14,16H2,(H,24,25);1H. The van der Waals surface area contributed by atoms with Crippen LogP contribution in [0.25, 0.3) is 0 Å². The van der Waals surface area contributed by atoms with Gasteiger partial charge in [-0.2, -0.15) is 0 Å². The van der Waals surface area contributed by atoms with Gasteiger partial charge >= 0.3 is 0 Å². The van der Waals surface area contributed by atoms with Gasteiger partial charge < -0.3 is 20.1 Å². The van der Waals surface area contributed by atoms with Gasteiger partial charge in [-0.15, -0.1) is 12.4 Å². The molecule has 156 valence electrons. The average Bonchev–Trinajstić information content (AvgIpc) is 3.21. The predicted octanol–water partition coefficient (Wildman–Crippen LogP) is 3.59. The number of halogens is 1. The van der Waals surface area contributed by atoms with Crippen molar-refractivity contribution in [3.63, 3.8) is 0 Å². The summed E-state index contributed by atoms with van der Waals surface area (Å²) in [5, 5.41) is 6.65. The van der Waals surface area contributed by atoms with E-state index in [0.29, 0.717) is 25.6 Å². The fourth-order valence-corrected chi connectivity index (χ4v) is 4.85. The van der Waals surface area contributed by atoms with Crippen molar-refractivity contribution < 1.29 is 14.3 Å². The number of piperidine rings is 1. The molecule has 0 aromatic heterocycles. The first kappa shape index (κ1) is 21.3. The fraction of sp³-hybridized carbons (Fsp3) is 0.682. The van der Waals surface area contributed by atoms with Gasteiger partial charge in [0.2, 0.25) is 5.91 Å². The molecule has 2 fully saturated rings. The predicted molar refractivity (Wildman–Crippen MR) is 113 cm³/mol. The fourth-order valence-electron chi connectivity index (χ4n) is 4.85. The summed E-state index contributed by atoms with van der Waals surface area (Å²) in [4.78, 5) is 12.5. The summed E-state index contributed by atoms with van der Waals surface area (Å²) in [7, 11) is 0. The number of carbonyl (C=O) groups excluding carboxylic acids is 1. The molecule has 3 aliphatic rings. The van der Waals surface area contributed by atoms with E-state index in [0.717, 1.165) is 50.4 Å². The Bertz CT molecular complexity index is 655. The Morgan fingerprint density at radius 2 is 1.82 bits per heavy atom. The third-order valence-electron chi connectivity index (χ3n) is 6.58. The van der Waals surface area contributed by atoms with Crippen LogP contribution < -0.4 is 20.1 Å². The molecule has 5 nitrogen and oxygen atoms in total. The Hall–Kier alpha value is -1.46. The van der Waals surface area contributed by atoms with Crippen molar-refractivity contribution in [2.24, 2.45) is 5.92 Å². The highest BCUT2D eigenvalue weighted by Gasteiger charge is 2.36. The summed E-state index contributed by atoms with van der Waals surface area (Å²) in [5.41, 5.74) is 1.32. The number of hydrogen-bond donors (Lipinski definition) is 2. The largest absolute Gasteiger partial charge is 0.486 e. The van der Waals surface area contributed by atoms with E-state index < -0.39 is 0 Å². The lowest BCUT2D eigenvalue weighted by Crippen LogP contribution is -2.39. The van der Waals surface area contributed by atoms with Crippen LogP contribution in [0.2, 0.25) is 0 Å². The second-order valence-corrected chi connectivity index (χ2v) is 8.35. The molecule has 1 saturated heterocycles. The van der Waals surface area contributed by atoms with E-state index in [9.17, 15) is 4.79 Å². The Labute approximate surface area is 174 Å². The number of carbonyl (C=O) groups is 1. The van der Waals surface area contributed by atoms with Crippen LogP contribution >= 0.6 is 12.4 Å². The van der Waals surface area contributed by atoms with Crippen LogP contribution in [0.1, 0.15) is 56.9 Å². The monoisotopic (exact) mass is 408 g/mol. The Morgan fingerprint density at radius 3 is 2.57 bits per heavy atom. The van der Waals surface area contributed by atoms with Gasteiger partial charge in [0.25, 0.3) is 0 Å². The van der Waals surface area contributed by atoms with E-state index >= 15 is 0 Å². The first-order chi connectivity index (χ1) is 13.3. The first-order valence-electron chi connectivity index (χ1n) is 10.6. The molecule has 0 radical (unpaired) electrons. The highest BCUT2D eigenvalue weighted by Crippen LogP contribution is 2.43. The second kappa shape index (κ2) is 9.84. The number of benzene rings is 1. The number of rotatable bonds is 6. The lowest BCUT2D eigenvalue weighted by atomic mass is 9.78. The van der Waals surface area contributed by atoms with Gasteiger partial charge in [0.1, 0.15) is 13.2 Å². The Balaban J connectivity index is 0.00000225. The molecule has 1 amide bonds. The zero-order valence-corrected chi connectivity index (χ0v) is 17.5.